The molecule has 0 aliphatic carbocycles. The van der Waals surface area contributed by atoms with Gasteiger partial charge in [-0.05, 0) is 31.5 Å². The molecule has 1 fully saturated rings. The molecule has 0 bridgehead atoms. The van der Waals surface area contributed by atoms with E-state index in [4.69, 9.17) is 0 Å². The first kappa shape index (κ1) is 11.3. The molecule has 3 rings (SSSR count). The maximum atomic E-state index is 11.9. The van der Waals surface area contributed by atoms with Crippen LogP contribution in [0.15, 0.2) is 23.0 Å². The van der Waals surface area contributed by atoms with Crippen LogP contribution in [0.3, 0.4) is 0 Å². The fraction of sp³-hybridized carbons (Fsp3) is 0.462. The second-order valence-electron chi connectivity index (χ2n) is 4.89. The largest absolute Gasteiger partial charge is 0.508 e. The smallest absolute Gasteiger partial charge is 0.326 e. The average Bonchev–Trinajstić information content (AvgIpc) is 2.66. The van der Waals surface area contributed by atoms with Gasteiger partial charge >= 0.3 is 5.69 Å². The van der Waals surface area contributed by atoms with Crippen molar-refractivity contribution in [3.05, 3.63) is 28.7 Å². The number of H-pyrrole nitrogens is 1. The highest BCUT2D eigenvalue weighted by atomic mass is 16.3. The molecule has 1 aromatic heterocycles. The molecule has 1 atom stereocenters. The number of hydrogen-bond donors (Lipinski definition) is 3. The number of phenolic OH excluding ortho intramolecular Hbond substituents is 1. The van der Waals surface area contributed by atoms with Gasteiger partial charge in [-0.2, -0.15) is 0 Å². The number of phenols is 1. The Morgan fingerprint density at radius 2 is 2.28 bits per heavy atom. The zero-order valence-corrected chi connectivity index (χ0v) is 10.1. The molecule has 1 aliphatic heterocycles. The summed E-state index contributed by atoms with van der Waals surface area (Å²) < 4.78 is 1.75. The zero-order chi connectivity index (χ0) is 12.5. The lowest BCUT2D eigenvalue weighted by Gasteiger charge is -2.23. The number of imidazole rings is 1. The third-order valence-electron chi connectivity index (χ3n) is 3.57. The number of piperidine rings is 1. The van der Waals surface area contributed by atoms with Gasteiger partial charge in [0.2, 0.25) is 0 Å². The first-order valence-electron chi connectivity index (χ1n) is 6.39. The summed E-state index contributed by atoms with van der Waals surface area (Å²) in [6.07, 6.45) is 3.54. The van der Waals surface area contributed by atoms with E-state index in [9.17, 15) is 9.90 Å². The van der Waals surface area contributed by atoms with Crippen LogP contribution in [-0.2, 0) is 6.54 Å². The minimum absolute atomic E-state index is 0.108. The third kappa shape index (κ3) is 2.01. The molecule has 3 N–H and O–H groups in total. The predicted octanol–water partition coefficient (Wildman–Crippen LogP) is 1.18. The number of nitrogens with one attached hydrogen (secondary N) is 2. The van der Waals surface area contributed by atoms with Gasteiger partial charge in [-0.25, -0.2) is 4.79 Å². The molecule has 2 aromatic rings. The molecule has 0 amide bonds. The molecular formula is C13H17N3O2. The number of hydrogen-bond acceptors (Lipinski definition) is 3. The van der Waals surface area contributed by atoms with E-state index in [2.05, 4.69) is 10.3 Å². The van der Waals surface area contributed by atoms with Crippen molar-refractivity contribution in [2.75, 3.05) is 6.54 Å². The van der Waals surface area contributed by atoms with Gasteiger partial charge in [-0.1, -0.05) is 6.42 Å². The number of aromatic hydroxyl groups is 1. The summed E-state index contributed by atoms with van der Waals surface area (Å²) in [5.74, 6) is 0.173. The fourth-order valence-electron chi connectivity index (χ4n) is 2.63. The molecule has 1 unspecified atom stereocenters. The van der Waals surface area contributed by atoms with Gasteiger partial charge in [0, 0.05) is 18.7 Å². The van der Waals surface area contributed by atoms with Crippen molar-refractivity contribution in [3.8, 4) is 5.75 Å². The highest BCUT2D eigenvalue weighted by molar-refractivity contribution is 5.76. The quantitative estimate of drug-likeness (QED) is 0.746. The summed E-state index contributed by atoms with van der Waals surface area (Å²) in [5.41, 5.74) is 1.43. The summed E-state index contributed by atoms with van der Waals surface area (Å²) in [4.78, 5) is 14.7. The molecule has 0 radical (unpaired) electrons. The highest BCUT2D eigenvalue weighted by Gasteiger charge is 2.16. The number of benzene rings is 1. The third-order valence-corrected chi connectivity index (χ3v) is 3.57. The summed E-state index contributed by atoms with van der Waals surface area (Å²) >= 11 is 0. The lowest BCUT2D eigenvalue weighted by Crippen LogP contribution is -2.39. The van der Waals surface area contributed by atoms with Gasteiger partial charge in [-0.15, -0.1) is 0 Å². The number of nitrogens with zero attached hydrogens (tertiary/aromatic N) is 1. The Labute approximate surface area is 104 Å². The first-order chi connectivity index (χ1) is 8.74. The Morgan fingerprint density at radius 3 is 3.06 bits per heavy atom. The normalized spacial score (nSPS) is 20.3. The lowest BCUT2D eigenvalue weighted by molar-refractivity contribution is 0.363. The summed E-state index contributed by atoms with van der Waals surface area (Å²) in [5, 5.41) is 12.8. The predicted molar refractivity (Wildman–Crippen MR) is 69.9 cm³/mol. The standard InChI is InChI=1S/C13H17N3O2/c17-10-4-5-12-11(7-10)15-13(18)16(12)8-9-3-1-2-6-14-9/h4-5,7,9,14,17H,1-3,6,8H2,(H,15,18). The Bertz CT molecular complexity index is 608. The molecule has 96 valence electrons. The van der Waals surface area contributed by atoms with Gasteiger partial charge in [-0.3, -0.25) is 4.57 Å². The van der Waals surface area contributed by atoms with Crippen molar-refractivity contribution in [1.29, 1.82) is 0 Å². The highest BCUT2D eigenvalue weighted by Crippen LogP contribution is 2.18. The molecule has 5 nitrogen and oxygen atoms in total. The van der Waals surface area contributed by atoms with E-state index in [1.807, 2.05) is 0 Å². The minimum atomic E-state index is -0.108. The van der Waals surface area contributed by atoms with Gasteiger partial charge in [0.1, 0.15) is 5.75 Å². The zero-order valence-electron chi connectivity index (χ0n) is 10.1. The van der Waals surface area contributed by atoms with Crippen molar-refractivity contribution in [3.63, 3.8) is 0 Å². The van der Waals surface area contributed by atoms with Crippen LogP contribution >= 0.6 is 0 Å². The second kappa shape index (κ2) is 4.49. The molecule has 1 aliphatic rings. The Morgan fingerprint density at radius 1 is 1.39 bits per heavy atom. The Kier molecular flexibility index (Phi) is 2.83. The average molecular weight is 247 g/mol. The van der Waals surface area contributed by atoms with Crippen LogP contribution in [-0.4, -0.2) is 27.2 Å². The van der Waals surface area contributed by atoms with Gasteiger partial charge < -0.3 is 15.4 Å². The fourth-order valence-corrected chi connectivity index (χ4v) is 2.63. The van der Waals surface area contributed by atoms with E-state index < -0.39 is 0 Å². The Balaban J connectivity index is 1.95. The van der Waals surface area contributed by atoms with E-state index in [1.165, 1.54) is 12.8 Å². The monoisotopic (exact) mass is 247 g/mol. The molecule has 0 saturated carbocycles. The van der Waals surface area contributed by atoms with Crippen molar-refractivity contribution < 1.29 is 5.11 Å². The van der Waals surface area contributed by atoms with E-state index in [0.717, 1.165) is 18.5 Å². The maximum Gasteiger partial charge on any atom is 0.326 e. The number of aromatic amines is 1. The molecule has 5 heteroatoms. The van der Waals surface area contributed by atoms with Gasteiger partial charge in [0.15, 0.2) is 0 Å². The minimum Gasteiger partial charge on any atom is -0.508 e. The van der Waals surface area contributed by atoms with E-state index in [1.54, 1.807) is 22.8 Å². The van der Waals surface area contributed by atoms with Crippen LogP contribution in [0.4, 0.5) is 0 Å². The van der Waals surface area contributed by atoms with Gasteiger partial charge in [0.05, 0.1) is 11.0 Å². The molecule has 1 aromatic carbocycles. The molecule has 2 heterocycles. The Hall–Kier alpha value is -1.75. The van der Waals surface area contributed by atoms with Crippen LogP contribution in [0.2, 0.25) is 0 Å². The molecule has 1 saturated heterocycles. The second-order valence-corrected chi connectivity index (χ2v) is 4.89. The number of aromatic nitrogens is 2. The molecular weight excluding hydrogens is 230 g/mol. The van der Waals surface area contributed by atoms with Crippen molar-refractivity contribution >= 4 is 11.0 Å². The summed E-state index contributed by atoms with van der Waals surface area (Å²) in [6.45, 7) is 1.71. The summed E-state index contributed by atoms with van der Waals surface area (Å²) in [6, 6.07) is 5.34. The van der Waals surface area contributed by atoms with Crippen LogP contribution in [0.25, 0.3) is 11.0 Å². The van der Waals surface area contributed by atoms with Crippen LogP contribution < -0.4 is 11.0 Å². The maximum absolute atomic E-state index is 11.9. The summed E-state index contributed by atoms with van der Waals surface area (Å²) in [7, 11) is 0. The lowest BCUT2D eigenvalue weighted by atomic mass is 10.1. The number of rotatable bonds is 2. The van der Waals surface area contributed by atoms with E-state index >= 15 is 0 Å². The van der Waals surface area contributed by atoms with E-state index in [-0.39, 0.29) is 11.4 Å². The van der Waals surface area contributed by atoms with Crippen molar-refractivity contribution in [1.82, 2.24) is 14.9 Å². The van der Waals surface area contributed by atoms with Crippen LogP contribution in [0.1, 0.15) is 19.3 Å². The SMILES string of the molecule is O=c1[nH]c2cc(O)ccc2n1CC1CCCCN1. The van der Waals surface area contributed by atoms with Crippen LogP contribution in [0, 0.1) is 0 Å². The van der Waals surface area contributed by atoms with Gasteiger partial charge in [0.25, 0.3) is 0 Å². The van der Waals surface area contributed by atoms with Crippen LogP contribution in [0.5, 0.6) is 5.75 Å². The van der Waals surface area contributed by atoms with Crippen molar-refractivity contribution in [2.24, 2.45) is 0 Å². The van der Waals surface area contributed by atoms with Crippen molar-refractivity contribution in [2.45, 2.75) is 31.8 Å². The molecule has 18 heavy (non-hydrogen) atoms. The molecule has 0 spiro atoms. The first-order valence-corrected chi connectivity index (χ1v) is 6.39. The topological polar surface area (TPSA) is 70.0 Å². The van der Waals surface area contributed by atoms with E-state index in [0.29, 0.717) is 18.1 Å². The number of fused-ring (bicyclic) bond motifs is 1.